The van der Waals surface area contributed by atoms with Gasteiger partial charge in [-0.05, 0) is 60.3 Å². The van der Waals surface area contributed by atoms with Crippen LogP contribution in [0.3, 0.4) is 0 Å². The zero-order chi connectivity index (χ0) is 21.3. The van der Waals surface area contributed by atoms with Crippen molar-refractivity contribution in [2.24, 2.45) is 0 Å². The number of benzene rings is 2. The van der Waals surface area contributed by atoms with Crippen molar-refractivity contribution in [1.29, 1.82) is 0 Å². The van der Waals surface area contributed by atoms with Crippen LogP contribution in [0.4, 0.5) is 5.69 Å². The highest BCUT2D eigenvalue weighted by Crippen LogP contribution is 2.35. The summed E-state index contributed by atoms with van der Waals surface area (Å²) in [5, 5.41) is 5.70. The van der Waals surface area contributed by atoms with E-state index in [-0.39, 0.29) is 10.8 Å². The maximum Gasteiger partial charge on any atom is 0.269 e. The molecule has 0 amide bonds. The van der Waals surface area contributed by atoms with Crippen molar-refractivity contribution >= 4 is 27.0 Å². The Bertz CT molecular complexity index is 1280. The van der Waals surface area contributed by atoms with Crippen molar-refractivity contribution in [1.82, 2.24) is 10.1 Å². The number of methoxy groups -OCH3 is 1. The standard InChI is InChI=1S/C21H19N3O4S2/c1-14-5-4-6-16(13-14)24(2)30(25,26)18-11-12-29-19(18)21-22-20(23-28-21)15-7-9-17(27-3)10-8-15/h4-13H,1-3H3. The van der Waals surface area contributed by atoms with Crippen LogP contribution in [0.5, 0.6) is 5.75 Å². The van der Waals surface area contributed by atoms with E-state index in [1.807, 2.05) is 37.3 Å². The number of aromatic nitrogens is 2. The average Bonchev–Trinajstić information content (AvgIpc) is 3.43. The predicted molar refractivity (Wildman–Crippen MR) is 116 cm³/mol. The Hall–Kier alpha value is -3.17. The molecule has 0 fully saturated rings. The number of ether oxygens (including phenoxy) is 1. The van der Waals surface area contributed by atoms with Crippen molar-refractivity contribution in [3.8, 4) is 27.9 Å². The lowest BCUT2D eigenvalue weighted by Crippen LogP contribution is -2.26. The molecule has 154 valence electrons. The summed E-state index contributed by atoms with van der Waals surface area (Å²) in [4.78, 5) is 4.94. The van der Waals surface area contributed by atoms with Gasteiger partial charge in [-0.2, -0.15) is 4.98 Å². The normalized spacial score (nSPS) is 11.4. The fraction of sp³-hybridized carbons (Fsp3) is 0.143. The second-order valence-corrected chi connectivity index (χ2v) is 9.43. The molecule has 0 spiro atoms. The van der Waals surface area contributed by atoms with Gasteiger partial charge >= 0.3 is 0 Å². The largest absolute Gasteiger partial charge is 0.497 e. The number of anilines is 1. The van der Waals surface area contributed by atoms with Gasteiger partial charge in [0, 0.05) is 12.6 Å². The van der Waals surface area contributed by atoms with Crippen LogP contribution in [0.2, 0.25) is 0 Å². The number of rotatable bonds is 6. The van der Waals surface area contributed by atoms with Gasteiger partial charge in [-0.1, -0.05) is 17.3 Å². The lowest BCUT2D eigenvalue weighted by Gasteiger charge is -2.19. The van der Waals surface area contributed by atoms with Crippen LogP contribution in [0.15, 0.2) is 69.4 Å². The summed E-state index contributed by atoms with van der Waals surface area (Å²) >= 11 is 1.24. The summed E-state index contributed by atoms with van der Waals surface area (Å²) in [6.45, 7) is 1.92. The van der Waals surface area contributed by atoms with E-state index < -0.39 is 10.0 Å². The molecule has 0 unspecified atom stereocenters. The number of sulfonamides is 1. The molecular weight excluding hydrogens is 422 g/mol. The van der Waals surface area contributed by atoms with E-state index in [2.05, 4.69) is 10.1 Å². The van der Waals surface area contributed by atoms with Crippen LogP contribution >= 0.6 is 11.3 Å². The molecule has 30 heavy (non-hydrogen) atoms. The lowest BCUT2D eigenvalue weighted by atomic mass is 10.2. The van der Waals surface area contributed by atoms with E-state index in [0.29, 0.717) is 22.1 Å². The summed E-state index contributed by atoms with van der Waals surface area (Å²) < 4.78 is 38.4. The summed E-state index contributed by atoms with van der Waals surface area (Å²) in [5.74, 6) is 1.25. The number of hydrogen-bond donors (Lipinski definition) is 0. The second-order valence-electron chi connectivity index (χ2n) is 6.58. The quantitative estimate of drug-likeness (QED) is 0.434. The van der Waals surface area contributed by atoms with E-state index in [1.54, 1.807) is 36.8 Å². The van der Waals surface area contributed by atoms with E-state index in [4.69, 9.17) is 9.26 Å². The molecule has 0 saturated heterocycles. The molecule has 0 saturated carbocycles. The van der Waals surface area contributed by atoms with Gasteiger partial charge in [-0.3, -0.25) is 4.31 Å². The van der Waals surface area contributed by atoms with Crippen LogP contribution in [0.25, 0.3) is 22.2 Å². The molecule has 0 aliphatic rings. The Balaban J connectivity index is 1.69. The van der Waals surface area contributed by atoms with Crippen LogP contribution in [-0.2, 0) is 10.0 Å². The van der Waals surface area contributed by atoms with Crippen LogP contribution in [-0.4, -0.2) is 32.7 Å². The highest BCUT2D eigenvalue weighted by atomic mass is 32.2. The minimum atomic E-state index is -3.81. The molecule has 2 aromatic heterocycles. The van der Waals surface area contributed by atoms with Gasteiger partial charge in [0.05, 0.1) is 12.8 Å². The molecule has 0 bridgehead atoms. The van der Waals surface area contributed by atoms with Gasteiger partial charge in [0.25, 0.3) is 15.9 Å². The first-order valence-corrected chi connectivity index (χ1v) is 11.3. The Labute approximate surface area is 178 Å². The molecule has 2 aromatic carbocycles. The van der Waals surface area contributed by atoms with Gasteiger partial charge in [0.2, 0.25) is 5.82 Å². The first kappa shape index (κ1) is 20.1. The van der Waals surface area contributed by atoms with Crippen LogP contribution < -0.4 is 9.04 Å². The predicted octanol–water partition coefficient (Wildman–Crippen LogP) is 4.61. The van der Waals surface area contributed by atoms with E-state index in [0.717, 1.165) is 11.1 Å². The summed E-state index contributed by atoms with van der Waals surface area (Å²) in [6, 6.07) is 16.1. The Morgan fingerprint density at radius 1 is 1.10 bits per heavy atom. The third-order valence-electron chi connectivity index (χ3n) is 4.60. The zero-order valence-corrected chi connectivity index (χ0v) is 18.2. The third-order valence-corrected chi connectivity index (χ3v) is 7.46. The molecule has 0 atom stereocenters. The molecule has 0 radical (unpaired) electrons. The van der Waals surface area contributed by atoms with E-state index >= 15 is 0 Å². The molecule has 7 nitrogen and oxygen atoms in total. The average molecular weight is 442 g/mol. The summed E-state index contributed by atoms with van der Waals surface area (Å²) in [7, 11) is -0.688. The third kappa shape index (κ3) is 3.69. The molecule has 2 heterocycles. The van der Waals surface area contributed by atoms with Crippen LogP contribution in [0, 0.1) is 6.92 Å². The Morgan fingerprint density at radius 2 is 1.87 bits per heavy atom. The number of thiophene rings is 1. The SMILES string of the molecule is COc1ccc(-c2noc(-c3sccc3S(=O)(=O)N(C)c3cccc(C)c3)n2)cc1. The fourth-order valence-corrected chi connectivity index (χ4v) is 5.44. The van der Waals surface area contributed by atoms with Gasteiger partial charge in [0.1, 0.15) is 15.5 Å². The molecule has 4 rings (SSSR count). The number of nitrogens with zero attached hydrogens (tertiary/aromatic N) is 3. The van der Waals surface area contributed by atoms with Crippen molar-refractivity contribution in [2.75, 3.05) is 18.5 Å². The first-order chi connectivity index (χ1) is 14.4. The topological polar surface area (TPSA) is 85.5 Å². The first-order valence-electron chi connectivity index (χ1n) is 9.02. The maximum absolute atomic E-state index is 13.3. The molecule has 4 aromatic rings. The van der Waals surface area contributed by atoms with Gasteiger partial charge in [-0.25, -0.2) is 8.42 Å². The van der Waals surface area contributed by atoms with Crippen molar-refractivity contribution in [3.63, 3.8) is 0 Å². The Kier molecular flexibility index (Phi) is 5.31. The van der Waals surface area contributed by atoms with Crippen molar-refractivity contribution in [3.05, 3.63) is 65.5 Å². The smallest absolute Gasteiger partial charge is 0.269 e. The highest BCUT2D eigenvalue weighted by Gasteiger charge is 2.28. The minimum Gasteiger partial charge on any atom is -0.497 e. The molecule has 9 heteroatoms. The van der Waals surface area contributed by atoms with Gasteiger partial charge in [0.15, 0.2) is 0 Å². The van der Waals surface area contributed by atoms with Gasteiger partial charge in [-0.15, -0.1) is 11.3 Å². The monoisotopic (exact) mass is 441 g/mol. The second kappa shape index (κ2) is 7.92. The lowest BCUT2D eigenvalue weighted by molar-refractivity contribution is 0.415. The van der Waals surface area contributed by atoms with Crippen molar-refractivity contribution < 1.29 is 17.7 Å². The van der Waals surface area contributed by atoms with Crippen LogP contribution in [0.1, 0.15) is 5.56 Å². The van der Waals surface area contributed by atoms with E-state index in [9.17, 15) is 8.42 Å². The highest BCUT2D eigenvalue weighted by molar-refractivity contribution is 7.93. The minimum absolute atomic E-state index is 0.126. The fourth-order valence-electron chi connectivity index (χ4n) is 2.94. The van der Waals surface area contributed by atoms with E-state index in [1.165, 1.54) is 22.7 Å². The molecule has 0 aliphatic heterocycles. The Morgan fingerprint density at radius 3 is 2.57 bits per heavy atom. The summed E-state index contributed by atoms with van der Waals surface area (Å²) in [5.41, 5.74) is 2.29. The molecular formula is C21H19N3O4S2. The zero-order valence-electron chi connectivity index (χ0n) is 16.6. The number of hydrogen-bond acceptors (Lipinski definition) is 7. The number of aryl methyl sites for hydroxylation is 1. The molecule has 0 N–H and O–H groups in total. The van der Waals surface area contributed by atoms with Crippen molar-refractivity contribution in [2.45, 2.75) is 11.8 Å². The molecule has 0 aliphatic carbocycles. The maximum atomic E-state index is 13.3. The van der Waals surface area contributed by atoms with Gasteiger partial charge < -0.3 is 9.26 Å². The summed E-state index contributed by atoms with van der Waals surface area (Å²) in [6.07, 6.45) is 0.